The second kappa shape index (κ2) is 3.66. The Bertz CT molecular complexity index is 293. The number of carbonyl (C=O) groups is 1. The third kappa shape index (κ3) is 1.92. The van der Waals surface area contributed by atoms with Gasteiger partial charge in [0, 0.05) is 0 Å². The minimum Gasteiger partial charge on any atom is -0.384 e. The molecule has 0 aliphatic rings. The molecule has 0 radical (unpaired) electrons. The van der Waals surface area contributed by atoms with Gasteiger partial charge in [-0.15, -0.1) is 0 Å². The molecule has 0 amide bonds. The van der Waals surface area contributed by atoms with E-state index in [0.29, 0.717) is 18.4 Å². The third-order valence-corrected chi connectivity index (χ3v) is 1.93. The molecule has 1 aromatic rings. The van der Waals surface area contributed by atoms with Gasteiger partial charge in [0.1, 0.15) is 11.3 Å². The maximum absolute atomic E-state index is 10.5. The second-order valence-electron chi connectivity index (χ2n) is 3.20. The van der Waals surface area contributed by atoms with Crippen molar-refractivity contribution in [2.45, 2.75) is 32.3 Å². The molecule has 0 unspecified atom stereocenters. The average molecular weight is 183 g/mol. The number of aliphatic hydroxyl groups is 1. The molecular formula is C8H13N3O2. The number of rotatable bonds is 4. The van der Waals surface area contributed by atoms with Crippen LogP contribution in [0.25, 0.3) is 0 Å². The van der Waals surface area contributed by atoms with Crippen molar-refractivity contribution in [3.05, 3.63) is 11.4 Å². The number of hydrogen-bond donors (Lipinski definition) is 2. The summed E-state index contributed by atoms with van der Waals surface area (Å²) in [7, 11) is 0. The first kappa shape index (κ1) is 9.85. The quantitative estimate of drug-likeness (QED) is 0.671. The Kier molecular flexibility index (Phi) is 2.77. The molecule has 1 rings (SSSR count). The standard InChI is InChI=1S/C8H13N3O2/c1-3-4-8(2,13)7-6(5-12)9-11-10-7/h5,13H,3-4H2,1-2H3,(H,9,10,11)/t8-/m1/s1. The molecule has 5 heteroatoms. The summed E-state index contributed by atoms with van der Waals surface area (Å²) >= 11 is 0. The van der Waals surface area contributed by atoms with Crippen LogP contribution in [0.5, 0.6) is 0 Å². The number of hydrogen-bond acceptors (Lipinski definition) is 4. The van der Waals surface area contributed by atoms with Crippen LogP contribution in [0.1, 0.15) is 42.9 Å². The fourth-order valence-electron chi connectivity index (χ4n) is 1.32. The molecule has 0 bridgehead atoms. The van der Waals surface area contributed by atoms with Crippen molar-refractivity contribution >= 4 is 6.29 Å². The summed E-state index contributed by atoms with van der Waals surface area (Å²) in [6.45, 7) is 3.58. The molecule has 1 heterocycles. The van der Waals surface area contributed by atoms with Gasteiger partial charge in [-0.2, -0.15) is 15.4 Å². The maximum atomic E-state index is 10.5. The van der Waals surface area contributed by atoms with Crippen LogP contribution in [0.2, 0.25) is 0 Å². The Labute approximate surface area is 76.2 Å². The Morgan fingerprint density at radius 2 is 2.31 bits per heavy atom. The fraction of sp³-hybridized carbons (Fsp3) is 0.625. The number of nitrogens with zero attached hydrogens (tertiary/aromatic N) is 2. The minimum atomic E-state index is -1.07. The van der Waals surface area contributed by atoms with Gasteiger partial charge in [-0.05, 0) is 13.3 Å². The van der Waals surface area contributed by atoms with Gasteiger partial charge in [-0.25, -0.2) is 0 Å². The SMILES string of the molecule is CCC[C@@](C)(O)c1n[nH]nc1C=O. The van der Waals surface area contributed by atoms with Gasteiger partial charge in [0.2, 0.25) is 0 Å². The smallest absolute Gasteiger partial charge is 0.172 e. The van der Waals surface area contributed by atoms with E-state index in [1.54, 1.807) is 6.92 Å². The first-order chi connectivity index (χ1) is 6.11. The van der Waals surface area contributed by atoms with Crippen LogP contribution >= 0.6 is 0 Å². The van der Waals surface area contributed by atoms with Crippen molar-refractivity contribution in [3.63, 3.8) is 0 Å². The molecule has 0 aromatic carbocycles. The van der Waals surface area contributed by atoms with E-state index in [-0.39, 0.29) is 5.69 Å². The van der Waals surface area contributed by atoms with Gasteiger partial charge >= 0.3 is 0 Å². The normalized spacial score (nSPS) is 15.3. The molecule has 0 fully saturated rings. The van der Waals surface area contributed by atoms with Gasteiger partial charge in [0.25, 0.3) is 0 Å². The summed E-state index contributed by atoms with van der Waals surface area (Å²) in [4.78, 5) is 10.5. The molecular weight excluding hydrogens is 170 g/mol. The van der Waals surface area contributed by atoms with Crippen LogP contribution in [0.15, 0.2) is 0 Å². The van der Waals surface area contributed by atoms with Crippen molar-refractivity contribution < 1.29 is 9.90 Å². The number of H-pyrrole nitrogens is 1. The van der Waals surface area contributed by atoms with Crippen LogP contribution in [-0.2, 0) is 5.60 Å². The molecule has 72 valence electrons. The van der Waals surface area contributed by atoms with Crippen molar-refractivity contribution in [2.75, 3.05) is 0 Å². The lowest BCUT2D eigenvalue weighted by Gasteiger charge is -2.19. The number of nitrogens with one attached hydrogen (secondary N) is 1. The Morgan fingerprint density at radius 3 is 2.85 bits per heavy atom. The van der Waals surface area contributed by atoms with Gasteiger partial charge in [-0.3, -0.25) is 4.79 Å². The van der Waals surface area contributed by atoms with E-state index in [2.05, 4.69) is 15.4 Å². The topological polar surface area (TPSA) is 78.9 Å². The van der Waals surface area contributed by atoms with Crippen LogP contribution < -0.4 is 0 Å². The van der Waals surface area contributed by atoms with Gasteiger partial charge < -0.3 is 5.11 Å². The maximum Gasteiger partial charge on any atom is 0.172 e. The van der Waals surface area contributed by atoms with E-state index < -0.39 is 5.60 Å². The predicted molar refractivity (Wildman–Crippen MR) is 46.2 cm³/mol. The van der Waals surface area contributed by atoms with E-state index in [4.69, 9.17) is 0 Å². The number of aldehydes is 1. The van der Waals surface area contributed by atoms with Crippen LogP contribution in [0.4, 0.5) is 0 Å². The monoisotopic (exact) mass is 183 g/mol. The summed E-state index contributed by atoms with van der Waals surface area (Å²) in [6, 6.07) is 0. The molecule has 0 saturated heterocycles. The van der Waals surface area contributed by atoms with Crippen LogP contribution in [0, 0.1) is 0 Å². The molecule has 1 atom stereocenters. The molecule has 1 aromatic heterocycles. The summed E-state index contributed by atoms with van der Waals surface area (Å²) in [6.07, 6.45) is 1.96. The van der Waals surface area contributed by atoms with Crippen molar-refractivity contribution in [1.82, 2.24) is 15.4 Å². The highest BCUT2D eigenvalue weighted by molar-refractivity contribution is 5.73. The highest BCUT2D eigenvalue weighted by atomic mass is 16.3. The van der Waals surface area contributed by atoms with Gasteiger partial charge in [-0.1, -0.05) is 13.3 Å². The molecule has 13 heavy (non-hydrogen) atoms. The van der Waals surface area contributed by atoms with E-state index in [1.807, 2.05) is 6.92 Å². The lowest BCUT2D eigenvalue weighted by Crippen LogP contribution is -2.23. The Morgan fingerprint density at radius 1 is 1.62 bits per heavy atom. The number of aromatic amines is 1. The fourth-order valence-corrected chi connectivity index (χ4v) is 1.32. The van der Waals surface area contributed by atoms with Gasteiger partial charge in [0.05, 0.1) is 0 Å². The van der Waals surface area contributed by atoms with E-state index >= 15 is 0 Å². The van der Waals surface area contributed by atoms with Gasteiger partial charge in [0.15, 0.2) is 12.0 Å². The zero-order chi connectivity index (χ0) is 9.90. The van der Waals surface area contributed by atoms with Crippen LogP contribution in [0.3, 0.4) is 0 Å². The number of carbonyl (C=O) groups excluding carboxylic acids is 1. The molecule has 2 N–H and O–H groups in total. The molecule has 5 nitrogen and oxygen atoms in total. The molecule has 0 aliphatic carbocycles. The highest BCUT2D eigenvalue weighted by Gasteiger charge is 2.28. The average Bonchev–Trinajstić information content (AvgIpc) is 2.51. The van der Waals surface area contributed by atoms with Crippen molar-refractivity contribution in [2.24, 2.45) is 0 Å². The first-order valence-electron chi connectivity index (χ1n) is 4.20. The largest absolute Gasteiger partial charge is 0.384 e. The summed E-state index contributed by atoms with van der Waals surface area (Å²) in [5, 5.41) is 19.6. The van der Waals surface area contributed by atoms with Crippen LogP contribution in [-0.4, -0.2) is 26.8 Å². The van der Waals surface area contributed by atoms with Crippen molar-refractivity contribution in [3.8, 4) is 0 Å². The Balaban J connectivity index is 2.98. The second-order valence-corrected chi connectivity index (χ2v) is 3.20. The summed E-state index contributed by atoms with van der Waals surface area (Å²) in [5.74, 6) is 0. The summed E-state index contributed by atoms with van der Waals surface area (Å²) < 4.78 is 0. The van der Waals surface area contributed by atoms with E-state index in [0.717, 1.165) is 6.42 Å². The van der Waals surface area contributed by atoms with E-state index in [9.17, 15) is 9.90 Å². The minimum absolute atomic E-state index is 0.179. The number of aromatic nitrogens is 3. The Hall–Kier alpha value is -1.23. The predicted octanol–water partition coefficient (Wildman–Crippen LogP) is 0.625. The highest BCUT2D eigenvalue weighted by Crippen LogP contribution is 2.24. The summed E-state index contributed by atoms with van der Waals surface area (Å²) in [5.41, 5.74) is -0.569. The third-order valence-electron chi connectivity index (χ3n) is 1.93. The lowest BCUT2D eigenvalue weighted by atomic mass is 9.95. The zero-order valence-electron chi connectivity index (χ0n) is 7.74. The zero-order valence-corrected chi connectivity index (χ0v) is 7.74. The molecule has 0 spiro atoms. The lowest BCUT2D eigenvalue weighted by molar-refractivity contribution is 0.0415. The van der Waals surface area contributed by atoms with E-state index in [1.165, 1.54) is 0 Å². The molecule has 0 saturated carbocycles. The van der Waals surface area contributed by atoms with Crippen molar-refractivity contribution in [1.29, 1.82) is 0 Å². The molecule has 0 aliphatic heterocycles. The first-order valence-corrected chi connectivity index (χ1v) is 4.20.